The molecule has 0 bridgehead atoms. The van der Waals surface area contributed by atoms with E-state index >= 15 is 0 Å². The molecule has 0 radical (unpaired) electrons. The third-order valence-electron chi connectivity index (χ3n) is 4.45. The lowest BCUT2D eigenvalue weighted by atomic mass is 10.0. The molecular formula is C18H27N3O3. The predicted octanol–water partition coefficient (Wildman–Crippen LogP) is 2.19. The van der Waals surface area contributed by atoms with Gasteiger partial charge < -0.3 is 19.9 Å². The molecule has 6 nitrogen and oxygen atoms in total. The van der Waals surface area contributed by atoms with E-state index in [1.165, 1.54) is 0 Å². The Hall–Kier alpha value is -2.24. The number of hydrogen-bond acceptors (Lipinski definition) is 3. The fraction of sp³-hybridized carbons (Fsp3) is 0.556. The van der Waals surface area contributed by atoms with Crippen molar-refractivity contribution < 1.29 is 14.3 Å². The van der Waals surface area contributed by atoms with Crippen LogP contribution in [0.15, 0.2) is 12.1 Å². The summed E-state index contributed by atoms with van der Waals surface area (Å²) in [6, 6.07) is 3.71. The summed E-state index contributed by atoms with van der Waals surface area (Å²) in [7, 11) is 1.63. The highest BCUT2D eigenvalue weighted by Crippen LogP contribution is 2.25. The molecule has 1 aromatic carbocycles. The van der Waals surface area contributed by atoms with Crippen LogP contribution in [-0.4, -0.2) is 61.1 Å². The van der Waals surface area contributed by atoms with Crippen LogP contribution in [0.4, 0.5) is 4.79 Å². The third-order valence-corrected chi connectivity index (χ3v) is 4.45. The van der Waals surface area contributed by atoms with Crippen molar-refractivity contribution in [3.8, 4) is 5.75 Å². The molecule has 2 rings (SSSR count). The fourth-order valence-electron chi connectivity index (χ4n) is 2.87. The van der Waals surface area contributed by atoms with Gasteiger partial charge in [-0.15, -0.1) is 0 Å². The van der Waals surface area contributed by atoms with Crippen molar-refractivity contribution in [2.45, 2.75) is 33.7 Å². The Balaban J connectivity index is 2.03. The monoisotopic (exact) mass is 333 g/mol. The van der Waals surface area contributed by atoms with Crippen molar-refractivity contribution >= 4 is 11.9 Å². The van der Waals surface area contributed by atoms with E-state index < -0.39 is 0 Å². The van der Waals surface area contributed by atoms with Gasteiger partial charge in [0.15, 0.2) is 0 Å². The number of ether oxygens (including phenoxy) is 1. The molecule has 6 heteroatoms. The Kier molecular flexibility index (Phi) is 5.70. The molecule has 1 heterocycles. The van der Waals surface area contributed by atoms with Gasteiger partial charge in [0, 0.05) is 37.8 Å². The van der Waals surface area contributed by atoms with Gasteiger partial charge in [-0.05, 0) is 51.0 Å². The van der Waals surface area contributed by atoms with Crippen molar-refractivity contribution in [1.29, 1.82) is 0 Å². The first-order valence-corrected chi connectivity index (χ1v) is 8.34. The van der Waals surface area contributed by atoms with E-state index in [-0.39, 0.29) is 18.0 Å². The molecule has 1 fully saturated rings. The van der Waals surface area contributed by atoms with Gasteiger partial charge in [0.2, 0.25) is 0 Å². The molecule has 3 amide bonds. The van der Waals surface area contributed by atoms with Crippen LogP contribution < -0.4 is 10.1 Å². The normalized spacial score (nSPS) is 14.8. The summed E-state index contributed by atoms with van der Waals surface area (Å²) in [6.45, 7) is 9.98. The Bertz CT molecular complexity index is 620. The molecule has 1 aliphatic heterocycles. The van der Waals surface area contributed by atoms with Crippen LogP contribution in [0.25, 0.3) is 0 Å². The first-order chi connectivity index (χ1) is 11.3. The zero-order valence-corrected chi connectivity index (χ0v) is 15.2. The standard InChI is InChI=1S/C18H27N3O3/c1-12(2)19-18(23)21-10-8-20(9-11-21)17(22)15-6-7-16(24-5)14(4)13(15)3/h6-7,12H,8-11H2,1-5H3,(H,19,23). The second-order valence-corrected chi connectivity index (χ2v) is 6.45. The topological polar surface area (TPSA) is 61.9 Å². The Morgan fingerprint density at radius 2 is 1.62 bits per heavy atom. The molecule has 1 saturated heterocycles. The van der Waals surface area contributed by atoms with Crippen molar-refractivity contribution in [2.75, 3.05) is 33.3 Å². The Morgan fingerprint density at radius 3 is 2.17 bits per heavy atom. The number of rotatable bonds is 3. The lowest BCUT2D eigenvalue weighted by Crippen LogP contribution is -2.54. The number of benzene rings is 1. The number of nitrogens with zero attached hydrogens (tertiary/aromatic N) is 2. The zero-order valence-electron chi connectivity index (χ0n) is 15.2. The van der Waals surface area contributed by atoms with Gasteiger partial charge in [-0.1, -0.05) is 0 Å². The van der Waals surface area contributed by atoms with Crippen molar-refractivity contribution in [3.05, 3.63) is 28.8 Å². The van der Waals surface area contributed by atoms with E-state index in [0.717, 1.165) is 16.9 Å². The number of carbonyl (C=O) groups is 2. The van der Waals surface area contributed by atoms with E-state index in [2.05, 4.69) is 5.32 Å². The molecule has 1 aromatic rings. The SMILES string of the molecule is COc1ccc(C(=O)N2CCN(C(=O)NC(C)C)CC2)c(C)c1C. The quantitative estimate of drug-likeness (QED) is 0.922. The minimum Gasteiger partial charge on any atom is -0.496 e. The average molecular weight is 333 g/mol. The Labute approximate surface area is 143 Å². The number of carbonyl (C=O) groups excluding carboxylic acids is 2. The molecule has 24 heavy (non-hydrogen) atoms. The van der Waals surface area contributed by atoms with Crippen LogP contribution in [-0.2, 0) is 0 Å². The van der Waals surface area contributed by atoms with Crippen molar-refractivity contribution in [2.24, 2.45) is 0 Å². The number of urea groups is 1. The minimum atomic E-state index is -0.0615. The lowest BCUT2D eigenvalue weighted by molar-refractivity contribution is 0.0663. The molecular weight excluding hydrogens is 306 g/mol. The van der Waals surface area contributed by atoms with Crippen LogP contribution in [0.1, 0.15) is 35.3 Å². The van der Waals surface area contributed by atoms with E-state index in [0.29, 0.717) is 31.7 Å². The summed E-state index contributed by atoms with van der Waals surface area (Å²) in [4.78, 5) is 28.4. The summed E-state index contributed by atoms with van der Waals surface area (Å²) < 4.78 is 5.30. The number of hydrogen-bond donors (Lipinski definition) is 1. The molecule has 132 valence electrons. The summed E-state index contributed by atoms with van der Waals surface area (Å²) in [5, 5.41) is 2.89. The van der Waals surface area contributed by atoms with Gasteiger partial charge in [0.05, 0.1) is 7.11 Å². The fourth-order valence-corrected chi connectivity index (χ4v) is 2.87. The van der Waals surface area contributed by atoms with Crippen LogP contribution >= 0.6 is 0 Å². The van der Waals surface area contributed by atoms with E-state index in [1.54, 1.807) is 12.0 Å². The first kappa shape index (κ1) is 18.1. The minimum absolute atomic E-state index is 0.0159. The maximum absolute atomic E-state index is 12.8. The maximum atomic E-state index is 12.8. The lowest BCUT2D eigenvalue weighted by Gasteiger charge is -2.35. The molecule has 0 saturated carbocycles. The average Bonchev–Trinajstić information content (AvgIpc) is 2.56. The number of methoxy groups -OCH3 is 1. The molecule has 0 spiro atoms. The third kappa shape index (κ3) is 3.80. The molecule has 0 unspecified atom stereocenters. The highest BCUT2D eigenvalue weighted by molar-refractivity contribution is 5.96. The summed E-state index contributed by atoms with van der Waals surface area (Å²) in [5.41, 5.74) is 2.63. The molecule has 0 aliphatic carbocycles. The van der Waals surface area contributed by atoms with E-state index in [1.807, 2.05) is 44.7 Å². The van der Waals surface area contributed by atoms with Crippen LogP contribution in [0.5, 0.6) is 5.75 Å². The zero-order chi connectivity index (χ0) is 17.9. The van der Waals surface area contributed by atoms with Crippen molar-refractivity contribution in [1.82, 2.24) is 15.1 Å². The van der Waals surface area contributed by atoms with Gasteiger partial charge >= 0.3 is 6.03 Å². The second kappa shape index (κ2) is 7.55. The maximum Gasteiger partial charge on any atom is 0.317 e. The smallest absolute Gasteiger partial charge is 0.317 e. The molecule has 1 aliphatic rings. The predicted molar refractivity (Wildman–Crippen MR) is 93.6 cm³/mol. The van der Waals surface area contributed by atoms with Crippen LogP contribution in [0, 0.1) is 13.8 Å². The molecule has 0 atom stereocenters. The van der Waals surface area contributed by atoms with Crippen molar-refractivity contribution in [3.63, 3.8) is 0 Å². The highest BCUT2D eigenvalue weighted by atomic mass is 16.5. The molecule has 0 aromatic heterocycles. The largest absolute Gasteiger partial charge is 0.496 e. The van der Waals surface area contributed by atoms with Gasteiger partial charge in [0.25, 0.3) is 5.91 Å². The molecule has 1 N–H and O–H groups in total. The van der Waals surface area contributed by atoms with Gasteiger partial charge in [-0.2, -0.15) is 0 Å². The second-order valence-electron chi connectivity index (χ2n) is 6.45. The van der Waals surface area contributed by atoms with Crippen LogP contribution in [0.3, 0.4) is 0 Å². The number of amides is 3. The number of nitrogens with one attached hydrogen (secondary N) is 1. The van der Waals surface area contributed by atoms with E-state index in [4.69, 9.17) is 4.74 Å². The summed E-state index contributed by atoms with van der Waals surface area (Å²) in [5.74, 6) is 0.807. The van der Waals surface area contributed by atoms with E-state index in [9.17, 15) is 9.59 Å². The van der Waals surface area contributed by atoms with Crippen LogP contribution in [0.2, 0.25) is 0 Å². The summed E-state index contributed by atoms with van der Waals surface area (Å²) in [6.07, 6.45) is 0. The van der Waals surface area contributed by atoms with Gasteiger partial charge in [0.1, 0.15) is 5.75 Å². The number of piperazine rings is 1. The van der Waals surface area contributed by atoms with Gasteiger partial charge in [-0.25, -0.2) is 4.79 Å². The Morgan fingerprint density at radius 1 is 1.04 bits per heavy atom. The highest BCUT2D eigenvalue weighted by Gasteiger charge is 2.26. The van der Waals surface area contributed by atoms with Gasteiger partial charge in [-0.3, -0.25) is 4.79 Å². The first-order valence-electron chi connectivity index (χ1n) is 8.34. The summed E-state index contributed by atoms with van der Waals surface area (Å²) >= 11 is 0.